The Morgan fingerprint density at radius 2 is 1.89 bits per heavy atom. The van der Waals surface area contributed by atoms with Gasteiger partial charge in [0.25, 0.3) is 0 Å². The molecule has 2 nitrogen and oxygen atoms in total. The molecule has 1 atom stereocenters. The van der Waals surface area contributed by atoms with Gasteiger partial charge in [-0.15, -0.1) is 0 Å². The number of hydrogen-bond donors (Lipinski definition) is 2. The van der Waals surface area contributed by atoms with Crippen molar-refractivity contribution in [2.75, 3.05) is 6.54 Å². The lowest BCUT2D eigenvalue weighted by atomic mass is 10.00. The summed E-state index contributed by atoms with van der Waals surface area (Å²) in [6.07, 6.45) is -0.650. The van der Waals surface area contributed by atoms with Crippen molar-refractivity contribution in [3.63, 3.8) is 0 Å². The smallest absolute Gasteiger partial charge is 0.386 e. The number of aryl methyl sites for hydroxylation is 1. The summed E-state index contributed by atoms with van der Waals surface area (Å²) in [6, 6.07) is 5.34. The second kappa shape index (κ2) is 4.92. The van der Waals surface area contributed by atoms with Crippen molar-refractivity contribution in [2.24, 2.45) is 11.7 Å². The van der Waals surface area contributed by atoms with Gasteiger partial charge in [0, 0.05) is 6.54 Å². The van der Waals surface area contributed by atoms with Gasteiger partial charge in [-0.3, -0.25) is 0 Å². The lowest BCUT2D eigenvalue weighted by molar-refractivity contribution is -0.137. The summed E-state index contributed by atoms with van der Waals surface area (Å²) in [5.41, 5.74) is 5.91. The number of halogens is 3. The molecule has 1 aliphatic rings. The number of benzene rings is 1. The van der Waals surface area contributed by atoms with Gasteiger partial charge >= 0.3 is 6.18 Å². The number of alkyl halides is 3. The SMILES string of the molecule is NC1=C[C@H](CCc2ccc(C(F)(F)F)cc2)CN1. The van der Waals surface area contributed by atoms with Crippen LogP contribution in [0, 0.1) is 5.92 Å². The van der Waals surface area contributed by atoms with Gasteiger partial charge in [0.15, 0.2) is 0 Å². The van der Waals surface area contributed by atoms with Crippen LogP contribution in [0.1, 0.15) is 17.5 Å². The molecule has 0 radical (unpaired) electrons. The molecular formula is C13H15F3N2. The maximum absolute atomic E-state index is 12.4. The van der Waals surface area contributed by atoms with E-state index in [1.54, 1.807) is 0 Å². The van der Waals surface area contributed by atoms with Gasteiger partial charge in [-0.25, -0.2) is 0 Å². The lowest BCUT2D eigenvalue weighted by Crippen LogP contribution is -2.16. The molecule has 3 N–H and O–H groups in total. The average molecular weight is 256 g/mol. The summed E-state index contributed by atoms with van der Waals surface area (Å²) in [7, 11) is 0. The van der Waals surface area contributed by atoms with Crippen LogP contribution in [0.15, 0.2) is 36.2 Å². The molecule has 2 rings (SSSR count). The van der Waals surface area contributed by atoms with E-state index < -0.39 is 11.7 Å². The van der Waals surface area contributed by atoms with Crippen LogP contribution < -0.4 is 11.1 Å². The van der Waals surface area contributed by atoms with Crippen molar-refractivity contribution >= 4 is 0 Å². The molecule has 1 aromatic rings. The van der Waals surface area contributed by atoms with E-state index in [0.29, 0.717) is 11.7 Å². The fourth-order valence-electron chi connectivity index (χ4n) is 2.02. The fourth-order valence-corrected chi connectivity index (χ4v) is 2.02. The van der Waals surface area contributed by atoms with Crippen LogP contribution in [0.4, 0.5) is 13.2 Å². The third-order valence-corrected chi connectivity index (χ3v) is 3.07. The highest BCUT2D eigenvalue weighted by atomic mass is 19.4. The number of rotatable bonds is 3. The normalized spacial score (nSPS) is 19.5. The topological polar surface area (TPSA) is 38.0 Å². The maximum atomic E-state index is 12.4. The molecule has 0 saturated heterocycles. The molecule has 5 heteroatoms. The Morgan fingerprint density at radius 3 is 2.39 bits per heavy atom. The minimum Gasteiger partial charge on any atom is -0.386 e. The van der Waals surface area contributed by atoms with E-state index in [2.05, 4.69) is 5.32 Å². The maximum Gasteiger partial charge on any atom is 0.416 e. The highest BCUT2D eigenvalue weighted by Gasteiger charge is 2.29. The van der Waals surface area contributed by atoms with Crippen molar-refractivity contribution in [3.05, 3.63) is 47.3 Å². The molecular weight excluding hydrogens is 241 g/mol. The standard InChI is InChI=1S/C13H15F3N2/c14-13(15,16)11-5-3-9(4-6-11)1-2-10-7-12(17)18-8-10/h3-7,10,18H,1-2,8,17H2/t10-/m0/s1. The second-order valence-electron chi connectivity index (χ2n) is 4.50. The van der Waals surface area contributed by atoms with Gasteiger partial charge in [0.05, 0.1) is 11.4 Å². The van der Waals surface area contributed by atoms with Crippen LogP contribution in [0.5, 0.6) is 0 Å². The van der Waals surface area contributed by atoms with E-state index in [1.807, 2.05) is 6.08 Å². The summed E-state index contributed by atoms with van der Waals surface area (Å²) >= 11 is 0. The Bertz CT molecular complexity index is 435. The van der Waals surface area contributed by atoms with Crippen molar-refractivity contribution in [1.29, 1.82) is 0 Å². The van der Waals surface area contributed by atoms with Crippen LogP contribution in [0.3, 0.4) is 0 Å². The van der Waals surface area contributed by atoms with Crippen LogP contribution in [-0.4, -0.2) is 6.54 Å². The Hall–Kier alpha value is -1.65. The fraction of sp³-hybridized carbons (Fsp3) is 0.385. The first-order valence-electron chi connectivity index (χ1n) is 5.82. The Balaban J connectivity index is 1.91. The number of nitrogens with one attached hydrogen (secondary N) is 1. The number of nitrogens with two attached hydrogens (primary N) is 1. The minimum absolute atomic E-state index is 0.368. The lowest BCUT2D eigenvalue weighted by Gasteiger charge is -2.09. The van der Waals surface area contributed by atoms with E-state index in [4.69, 9.17) is 5.73 Å². The molecule has 0 saturated carbocycles. The third kappa shape index (κ3) is 3.18. The molecule has 1 aliphatic heterocycles. The zero-order valence-electron chi connectivity index (χ0n) is 9.80. The quantitative estimate of drug-likeness (QED) is 0.872. The zero-order chi connectivity index (χ0) is 13.2. The summed E-state index contributed by atoms with van der Waals surface area (Å²) in [5.74, 6) is 1.06. The first-order valence-corrected chi connectivity index (χ1v) is 5.82. The first-order chi connectivity index (χ1) is 8.45. The van der Waals surface area contributed by atoms with Crippen LogP contribution in [0.25, 0.3) is 0 Å². The van der Waals surface area contributed by atoms with E-state index in [9.17, 15) is 13.2 Å². The molecule has 0 spiro atoms. The predicted octanol–water partition coefficient (Wildman–Crippen LogP) is 2.66. The molecule has 1 heterocycles. The third-order valence-electron chi connectivity index (χ3n) is 3.07. The average Bonchev–Trinajstić information content (AvgIpc) is 2.72. The summed E-state index contributed by atoms with van der Waals surface area (Å²) in [4.78, 5) is 0. The molecule has 1 aromatic carbocycles. The Labute approximate surface area is 104 Å². The van der Waals surface area contributed by atoms with Crippen molar-refractivity contribution in [3.8, 4) is 0 Å². The Kier molecular flexibility index (Phi) is 3.50. The summed E-state index contributed by atoms with van der Waals surface area (Å²) < 4.78 is 37.1. The monoisotopic (exact) mass is 256 g/mol. The van der Waals surface area contributed by atoms with Crippen molar-refractivity contribution in [1.82, 2.24) is 5.32 Å². The van der Waals surface area contributed by atoms with E-state index in [-0.39, 0.29) is 0 Å². The molecule has 0 aliphatic carbocycles. The van der Waals surface area contributed by atoms with Gasteiger partial charge in [0.2, 0.25) is 0 Å². The van der Waals surface area contributed by atoms with Crippen LogP contribution in [-0.2, 0) is 12.6 Å². The summed E-state index contributed by atoms with van der Waals surface area (Å²) in [6.45, 7) is 0.812. The van der Waals surface area contributed by atoms with Gasteiger partial charge in [-0.2, -0.15) is 13.2 Å². The van der Waals surface area contributed by atoms with E-state index in [1.165, 1.54) is 12.1 Å². The molecule has 18 heavy (non-hydrogen) atoms. The zero-order valence-corrected chi connectivity index (χ0v) is 9.80. The van der Waals surface area contributed by atoms with Crippen molar-refractivity contribution < 1.29 is 13.2 Å². The van der Waals surface area contributed by atoms with Gasteiger partial charge in [-0.1, -0.05) is 12.1 Å². The molecule has 0 fully saturated rings. The Morgan fingerprint density at radius 1 is 1.22 bits per heavy atom. The highest BCUT2D eigenvalue weighted by molar-refractivity contribution is 5.24. The molecule has 0 unspecified atom stereocenters. The highest BCUT2D eigenvalue weighted by Crippen LogP contribution is 2.29. The summed E-state index contributed by atoms with van der Waals surface area (Å²) in [5, 5.41) is 3.02. The largest absolute Gasteiger partial charge is 0.416 e. The number of hydrogen-bond acceptors (Lipinski definition) is 2. The molecule has 0 aromatic heterocycles. The van der Waals surface area contributed by atoms with E-state index >= 15 is 0 Å². The predicted molar refractivity (Wildman–Crippen MR) is 63.5 cm³/mol. The van der Waals surface area contributed by atoms with Gasteiger partial charge in [-0.05, 0) is 42.5 Å². The second-order valence-corrected chi connectivity index (χ2v) is 4.50. The van der Waals surface area contributed by atoms with Gasteiger partial charge in [0.1, 0.15) is 0 Å². The van der Waals surface area contributed by atoms with E-state index in [0.717, 1.165) is 37.1 Å². The minimum atomic E-state index is -4.26. The first kappa shape index (κ1) is 12.8. The van der Waals surface area contributed by atoms with Crippen molar-refractivity contribution in [2.45, 2.75) is 19.0 Å². The van der Waals surface area contributed by atoms with Gasteiger partial charge < -0.3 is 11.1 Å². The van der Waals surface area contributed by atoms with Crippen LogP contribution in [0.2, 0.25) is 0 Å². The molecule has 0 bridgehead atoms. The van der Waals surface area contributed by atoms with Crippen LogP contribution >= 0.6 is 0 Å². The molecule has 98 valence electrons. The molecule has 0 amide bonds.